The van der Waals surface area contributed by atoms with Gasteiger partial charge in [0.25, 0.3) is 0 Å². The van der Waals surface area contributed by atoms with E-state index in [0.29, 0.717) is 0 Å². The third kappa shape index (κ3) is 6.01. The molecular formula is C20H23N2U+. The van der Waals surface area contributed by atoms with Crippen molar-refractivity contribution in [3.63, 3.8) is 0 Å². The Balaban J connectivity index is 0.00000264. The molecule has 0 N–H and O–H groups in total. The van der Waals surface area contributed by atoms with Crippen LogP contribution in [0.1, 0.15) is 26.5 Å². The minimum atomic E-state index is -0.0559. The van der Waals surface area contributed by atoms with Crippen LogP contribution in [0.5, 0.6) is 0 Å². The van der Waals surface area contributed by atoms with Crippen LogP contribution in [-0.2, 0) is 7.05 Å². The number of nitrogens with zero attached hydrogens (tertiary/aromatic N) is 2. The van der Waals surface area contributed by atoms with E-state index in [4.69, 9.17) is 0 Å². The summed E-state index contributed by atoms with van der Waals surface area (Å²) < 4.78 is 2.08. The molecule has 2 aromatic rings. The van der Waals surface area contributed by atoms with Crippen molar-refractivity contribution in [3.05, 3.63) is 78.8 Å². The van der Waals surface area contributed by atoms with Crippen LogP contribution >= 0.6 is 0 Å². The van der Waals surface area contributed by atoms with Crippen molar-refractivity contribution in [2.45, 2.75) is 26.3 Å². The van der Waals surface area contributed by atoms with Crippen molar-refractivity contribution in [1.82, 2.24) is 0 Å². The molecule has 0 aliphatic carbocycles. The molecule has 1 aromatic carbocycles. The number of hydrogen-bond donors (Lipinski definition) is 0. The zero-order chi connectivity index (χ0) is 16.0. The van der Waals surface area contributed by atoms with Crippen molar-refractivity contribution in [3.8, 4) is 0 Å². The van der Waals surface area contributed by atoms with Crippen LogP contribution in [0.4, 0.5) is 5.69 Å². The molecule has 0 spiro atoms. The van der Waals surface area contributed by atoms with Gasteiger partial charge in [0.05, 0.1) is 0 Å². The Kier molecular flexibility index (Phi) is 7.82. The maximum Gasteiger partial charge on any atom is 2.00 e. The first-order valence-corrected chi connectivity index (χ1v) is 7.46. The molecule has 0 bridgehead atoms. The fourth-order valence-corrected chi connectivity index (χ4v) is 2.12. The summed E-state index contributed by atoms with van der Waals surface area (Å²) in [6, 6.07) is 17.4. The molecule has 2 nitrogen and oxygen atoms in total. The number of para-hydroxylation sites is 1. The second kappa shape index (κ2) is 9.11. The van der Waals surface area contributed by atoms with E-state index in [1.165, 1.54) is 0 Å². The normalized spacial score (nSPS) is 11.7. The maximum atomic E-state index is 3.35. The molecule has 0 aliphatic rings. The minimum Gasteiger partial charge on any atom is -0.472 e. The van der Waals surface area contributed by atoms with Gasteiger partial charge in [-0.2, -0.15) is 36.0 Å². The van der Waals surface area contributed by atoms with Crippen molar-refractivity contribution in [2.24, 2.45) is 7.05 Å². The fourth-order valence-electron chi connectivity index (χ4n) is 2.12. The van der Waals surface area contributed by atoms with Gasteiger partial charge in [0.15, 0.2) is 11.9 Å². The summed E-state index contributed by atoms with van der Waals surface area (Å²) in [5.41, 5.74) is 2.11. The van der Waals surface area contributed by atoms with Crippen LogP contribution in [-0.4, -0.2) is 5.54 Å². The Morgan fingerprint density at radius 2 is 1.87 bits per heavy atom. The van der Waals surface area contributed by atoms with Gasteiger partial charge >= 0.3 is 31.1 Å². The molecule has 0 unspecified atom stereocenters. The predicted molar refractivity (Wildman–Crippen MR) is 92.0 cm³/mol. The van der Waals surface area contributed by atoms with Gasteiger partial charge in [0.1, 0.15) is 7.05 Å². The number of allylic oxidation sites excluding steroid dienone is 2. The molecule has 3 heteroatoms. The summed E-state index contributed by atoms with van der Waals surface area (Å²) in [4.78, 5) is 2.10. The molecule has 2 rings (SSSR count). The van der Waals surface area contributed by atoms with Crippen molar-refractivity contribution in [1.29, 1.82) is 0 Å². The minimum absolute atomic E-state index is 0. The van der Waals surface area contributed by atoms with E-state index in [0.717, 1.165) is 11.4 Å². The smallest absolute Gasteiger partial charge is 0.472 e. The topological polar surface area (TPSA) is 7.12 Å². The molecule has 0 saturated carbocycles. The molecule has 1 heterocycles. The largest absolute Gasteiger partial charge is 2.00 e. The van der Waals surface area contributed by atoms with Crippen LogP contribution < -0.4 is 9.47 Å². The first-order valence-electron chi connectivity index (χ1n) is 7.46. The Hall–Kier alpha value is -1.30. The van der Waals surface area contributed by atoms with Crippen LogP contribution in [0, 0.1) is 43.4 Å². The van der Waals surface area contributed by atoms with Crippen LogP contribution in [0.15, 0.2) is 60.8 Å². The van der Waals surface area contributed by atoms with Gasteiger partial charge in [-0.3, -0.25) is 0 Å². The second-order valence-electron chi connectivity index (χ2n) is 6.15. The third-order valence-corrected chi connectivity index (χ3v) is 3.27. The van der Waals surface area contributed by atoms with Gasteiger partial charge in [-0.1, -0.05) is 0 Å². The zero-order valence-corrected chi connectivity index (χ0v) is 18.4. The molecule has 0 radical (unpaired) electrons. The van der Waals surface area contributed by atoms with Crippen LogP contribution in [0.2, 0.25) is 0 Å². The number of hydrogen-bond acceptors (Lipinski definition) is 1. The number of rotatable bonds is 4. The number of benzene rings is 1. The van der Waals surface area contributed by atoms with Crippen molar-refractivity contribution < 1.29 is 35.7 Å². The van der Waals surface area contributed by atoms with Crippen molar-refractivity contribution in [2.75, 3.05) is 4.90 Å². The van der Waals surface area contributed by atoms with E-state index in [9.17, 15) is 0 Å². The molecule has 0 fully saturated rings. The van der Waals surface area contributed by atoms with E-state index in [1.54, 1.807) is 0 Å². The van der Waals surface area contributed by atoms with Crippen LogP contribution in [0.25, 0.3) is 6.08 Å². The third-order valence-electron chi connectivity index (χ3n) is 3.27. The molecule has 116 valence electrons. The van der Waals surface area contributed by atoms with E-state index < -0.39 is 0 Å². The van der Waals surface area contributed by atoms with Gasteiger partial charge in [-0.25, -0.2) is 16.7 Å². The van der Waals surface area contributed by atoms with Gasteiger partial charge in [0, 0.05) is 17.7 Å². The van der Waals surface area contributed by atoms with E-state index in [1.807, 2.05) is 61.8 Å². The van der Waals surface area contributed by atoms with Gasteiger partial charge in [-0.15, -0.1) is 6.20 Å². The summed E-state index contributed by atoms with van der Waals surface area (Å²) in [7, 11) is 2.04. The first kappa shape index (κ1) is 19.7. The number of aromatic nitrogens is 1. The Bertz CT molecular complexity index is 655. The number of anilines is 1. The molecular weight excluding hydrogens is 506 g/mol. The predicted octanol–water partition coefficient (Wildman–Crippen LogP) is 3.95. The molecule has 0 atom stereocenters. The first-order chi connectivity index (χ1) is 10.5. The van der Waals surface area contributed by atoms with E-state index in [2.05, 4.69) is 54.6 Å². The average Bonchev–Trinajstić information content (AvgIpc) is 2.48. The van der Waals surface area contributed by atoms with Crippen molar-refractivity contribution >= 4 is 11.8 Å². The Morgan fingerprint density at radius 3 is 2.48 bits per heavy atom. The standard InChI is InChI=1S/C20H23N2.U/c1-20(2,3)22(19-14-6-5-7-15-19)17-11-9-13-18-12-8-10-16-21(18)4;/h5-14,16H,1-4H3;/q-1;+2. The number of pyridine rings is 1. The van der Waals surface area contributed by atoms with Gasteiger partial charge in [-0.05, 0) is 32.9 Å². The fraction of sp³-hybridized carbons (Fsp3) is 0.250. The quantitative estimate of drug-likeness (QED) is 0.252. The summed E-state index contributed by atoms with van der Waals surface area (Å²) in [5, 5.41) is 0. The summed E-state index contributed by atoms with van der Waals surface area (Å²) in [6.07, 6.45) is 11.4. The Morgan fingerprint density at radius 1 is 1.13 bits per heavy atom. The summed E-state index contributed by atoms with van der Waals surface area (Å²) >= 11 is 0. The van der Waals surface area contributed by atoms with Crippen LogP contribution in [0.3, 0.4) is 0 Å². The number of aryl methyl sites for hydroxylation is 1. The second-order valence-corrected chi connectivity index (χ2v) is 6.15. The summed E-state index contributed by atoms with van der Waals surface area (Å²) in [5.74, 6) is 0. The monoisotopic (exact) mass is 529 g/mol. The Labute approximate surface area is 163 Å². The molecule has 0 aliphatic heterocycles. The average molecular weight is 529 g/mol. The maximum absolute atomic E-state index is 3.35. The zero-order valence-electron chi connectivity index (χ0n) is 14.2. The molecule has 1 aromatic heterocycles. The summed E-state index contributed by atoms with van der Waals surface area (Å²) in [6.45, 7) is 6.49. The molecule has 23 heavy (non-hydrogen) atoms. The van der Waals surface area contributed by atoms with Gasteiger partial charge < -0.3 is 4.90 Å². The molecule has 0 saturated heterocycles. The van der Waals surface area contributed by atoms with E-state index in [-0.39, 0.29) is 36.7 Å². The van der Waals surface area contributed by atoms with Gasteiger partial charge in [0.2, 0.25) is 0 Å². The SMILES string of the molecule is C[n+]1ccccc1/C=C/C=[C-]N(c1[c-]cccc1)C(C)(C)C.[U+2]. The van der Waals surface area contributed by atoms with E-state index >= 15 is 0 Å². The molecule has 0 amide bonds.